The van der Waals surface area contributed by atoms with Crippen LogP contribution in [0.5, 0.6) is 11.6 Å². The molecule has 0 bridgehead atoms. The first-order chi connectivity index (χ1) is 8.56. The van der Waals surface area contributed by atoms with E-state index in [0.29, 0.717) is 16.5 Å². The van der Waals surface area contributed by atoms with Crippen LogP contribution in [0.25, 0.3) is 0 Å². The van der Waals surface area contributed by atoms with Crippen molar-refractivity contribution in [3.8, 4) is 11.6 Å². The third kappa shape index (κ3) is 2.67. The van der Waals surface area contributed by atoms with Crippen LogP contribution in [0.2, 0.25) is 5.02 Å². The smallest absolute Gasteiger partial charge is 0.269 e. The summed E-state index contributed by atoms with van der Waals surface area (Å²) in [7, 11) is 0. The zero-order chi connectivity index (χ0) is 13.1. The van der Waals surface area contributed by atoms with Crippen LogP contribution in [-0.4, -0.2) is 16.1 Å². The maximum Gasteiger partial charge on any atom is 0.269 e. The summed E-state index contributed by atoms with van der Waals surface area (Å²) in [6, 6.07) is 7.69. The number of hydrogen-bond donors (Lipinski definition) is 2. The number of benzene rings is 1. The number of carbonyl (C=O) groups excluding carboxylic acids is 1. The molecule has 92 valence electrons. The first-order valence-electron chi connectivity index (χ1n) is 4.92. The van der Waals surface area contributed by atoms with Crippen LogP contribution in [0, 0.1) is 0 Å². The van der Waals surface area contributed by atoms with Crippen LogP contribution >= 0.6 is 11.6 Å². The molecule has 1 heterocycles. The summed E-state index contributed by atoms with van der Waals surface area (Å²) in [5.74, 6) is -0.110. The molecule has 1 amide bonds. The lowest BCUT2D eigenvalue weighted by atomic mass is 10.3. The summed E-state index contributed by atoms with van der Waals surface area (Å²) in [4.78, 5) is 10.8. The Morgan fingerprint density at radius 3 is 2.61 bits per heavy atom. The number of anilines is 1. The number of aromatic nitrogens is 2. The molecule has 0 fully saturated rings. The summed E-state index contributed by atoms with van der Waals surface area (Å²) < 4.78 is 5.39. The molecule has 2 rings (SSSR count). The molecule has 0 unspecified atom stereocenters. The number of amides is 1. The molecule has 0 saturated carbocycles. The van der Waals surface area contributed by atoms with Crippen LogP contribution in [0.1, 0.15) is 10.5 Å². The van der Waals surface area contributed by atoms with E-state index in [0.717, 1.165) is 0 Å². The molecule has 18 heavy (non-hydrogen) atoms. The van der Waals surface area contributed by atoms with E-state index in [1.807, 2.05) is 0 Å². The van der Waals surface area contributed by atoms with Gasteiger partial charge in [-0.2, -0.15) is 0 Å². The fourth-order valence-corrected chi connectivity index (χ4v) is 1.37. The Labute approximate surface area is 108 Å². The monoisotopic (exact) mass is 264 g/mol. The van der Waals surface area contributed by atoms with Crippen molar-refractivity contribution in [2.75, 3.05) is 5.73 Å². The third-order valence-corrected chi connectivity index (χ3v) is 2.37. The lowest BCUT2D eigenvalue weighted by molar-refractivity contribution is 0.0994. The summed E-state index contributed by atoms with van der Waals surface area (Å²) in [5.41, 5.74) is 11.2. The van der Waals surface area contributed by atoms with E-state index in [4.69, 9.17) is 27.8 Å². The molecule has 0 spiro atoms. The molecule has 0 atom stereocenters. The zero-order valence-electron chi connectivity index (χ0n) is 9.13. The van der Waals surface area contributed by atoms with Gasteiger partial charge in [0.25, 0.3) is 5.91 Å². The molecule has 1 aromatic heterocycles. The molecule has 7 heteroatoms. The van der Waals surface area contributed by atoms with Crippen molar-refractivity contribution < 1.29 is 9.53 Å². The summed E-state index contributed by atoms with van der Waals surface area (Å²) in [6.45, 7) is 0. The zero-order valence-corrected chi connectivity index (χ0v) is 9.89. The lowest BCUT2D eigenvalue weighted by Gasteiger charge is -2.06. The van der Waals surface area contributed by atoms with Gasteiger partial charge in [-0.1, -0.05) is 11.6 Å². The van der Waals surface area contributed by atoms with Crippen molar-refractivity contribution in [3.63, 3.8) is 0 Å². The van der Waals surface area contributed by atoms with Gasteiger partial charge in [-0.3, -0.25) is 4.79 Å². The molecule has 0 aliphatic heterocycles. The average molecular weight is 265 g/mol. The minimum absolute atomic E-state index is 0.0565. The first-order valence-corrected chi connectivity index (χ1v) is 5.30. The standard InChI is InChI=1S/C11H9ClN4O2/c12-7-2-1-6(13)5-9(7)18-10-4-3-8(11(14)17)15-16-10/h1-5H,13H2,(H2,14,17). The van der Waals surface area contributed by atoms with E-state index >= 15 is 0 Å². The van der Waals surface area contributed by atoms with E-state index in [2.05, 4.69) is 10.2 Å². The number of hydrogen-bond acceptors (Lipinski definition) is 5. The molecular formula is C11H9ClN4O2. The number of nitrogen functional groups attached to an aromatic ring is 1. The van der Waals surface area contributed by atoms with Gasteiger partial charge >= 0.3 is 0 Å². The molecule has 2 aromatic rings. The van der Waals surface area contributed by atoms with Crippen LogP contribution in [0.3, 0.4) is 0 Å². The quantitative estimate of drug-likeness (QED) is 0.820. The Kier molecular flexibility index (Phi) is 3.29. The second-order valence-electron chi connectivity index (χ2n) is 3.41. The topological polar surface area (TPSA) is 104 Å². The van der Waals surface area contributed by atoms with Gasteiger partial charge in [0.05, 0.1) is 5.02 Å². The number of rotatable bonds is 3. The van der Waals surface area contributed by atoms with Gasteiger partial charge in [-0.15, -0.1) is 10.2 Å². The maximum atomic E-state index is 10.8. The van der Waals surface area contributed by atoms with E-state index in [1.54, 1.807) is 18.2 Å². The van der Waals surface area contributed by atoms with E-state index in [1.165, 1.54) is 12.1 Å². The number of ether oxygens (including phenoxy) is 1. The van der Waals surface area contributed by atoms with E-state index in [9.17, 15) is 4.79 Å². The molecule has 6 nitrogen and oxygen atoms in total. The van der Waals surface area contributed by atoms with Gasteiger partial charge in [0.1, 0.15) is 5.75 Å². The highest BCUT2D eigenvalue weighted by molar-refractivity contribution is 6.32. The van der Waals surface area contributed by atoms with Crippen molar-refractivity contribution in [1.82, 2.24) is 10.2 Å². The SMILES string of the molecule is NC(=O)c1ccc(Oc2cc(N)ccc2Cl)nn1. The number of nitrogens with zero attached hydrogens (tertiary/aromatic N) is 2. The Hall–Kier alpha value is -2.34. The minimum Gasteiger partial charge on any atom is -0.436 e. The maximum absolute atomic E-state index is 10.8. The number of nitrogens with two attached hydrogens (primary N) is 2. The highest BCUT2D eigenvalue weighted by atomic mass is 35.5. The van der Waals surface area contributed by atoms with Gasteiger partial charge < -0.3 is 16.2 Å². The van der Waals surface area contributed by atoms with Crippen molar-refractivity contribution in [3.05, 3.63) is 41.0 Å². The van der Waals surface area contributed by atoms with Crippen molar-refractivity contribution in [1.29, 1.82) is 0 Å². The number of carbonyl (C=O) groups is 1. The average Bonchev–Trinajstić information content (AvgIpc) is 2.34. The first kappa shape index (κ1) is 12.1. The lowest BCUT2D eigenvalue weighted by Crippen LogP contribution is -2.13. The van der Waals surface area contributed by atoms with Crippen molar-refractivity contribution in [2.45, 2.75) is 0 Å². The summed E-state index contributed by atoms with van der Waals surface area (Å²) in [6.07, 6.45) is 0. The second kappa shape index (κ2) is 4.89. The van der Waals surface area contributed by atoms with Crippen LogP contribution in [-0.2, 0) is 0 Å². The molecular weight excluding hydrogens is 256 g/mol. The van der Waals surface area contributed by atoms with Crippen LogP contribution in [0.4, 0.5) is 5.69 Å². The largest absolute Gasteiger partial charge is 0.436 e. The highest BCUT2D eigenvalue weighted by Crippen LogP contribution is 2.29. The molecule has 0 aliphatic carbocycles. The highest BCUT2D eigenvalue weighted by Gasteiger charge is 2.07. The summed E-state index contributed by atoms with van der Waals surface area (Å²) >= 11 is 5.92. The normalized spacial score (nSPS) is 10.1. The second-order valence-corrected chi connectivity index (χ2v) is 3.82. The molecule has 4 N–H and O–H groups in total. The molecule has 1 aromatic carbocycles. The van der Waals surface area contributed by atoms with Gasteiger partial charge in [-0.25, -0.2) is 0 Å². The fourth-order valence-electron chi connectivity index (χ4n) is 1.22. The Morgan fingerprint density at radius 2 is 2.00 bits per heavy atom. The Morgan fingerprint density at radius 1 is 1.22 bits per heavy atom. The van der Waals surface area contributed by atoms with Gasteiger partial charge in [0.2, 0.25) is 5.88 Å². The predicted molar refractivity (Wildman–Crippen MR) is 66.5 cm³/mol. The minimum atomic E-state index is -0.656. The molecule has 0 aliphatic rings. The van der Waals surface area contributed by atoms with Gasteiger partial charge in [0.15, 0.2) is 5.69 Å². The predicted octanol–water partition coefficient (Wildman–Crippen LogP) is 1.60. The van der Waals surface area contributed by atoms with E-state index < -0.39 is 5.91 Å². The molecule has 0 radical (unpaired) electrons. The van der Waals surface area contributed by atoms with Crippen LogP contribution in [0.15, 0.2) is 30.3 Å². The van der Waals surface area contributed by atoms with Crippen molar-refractivity contribution in [2.24, 2.45) is 5.73 Å². The molecule has 0 saturated heterocycles. The third-order valence-electron chi connectivity index (χ3n) is 2.06. The van der Waals surface area contributed by atoms with Gasteiger partial charge in [0, 0.05) is 17.8 Å². The summed E-state index contributed by atoms with van der Waals surface area (Å²) in [5, 5.41) is 7.69. The van der Waals surface area contributed by atoms with Gasteiger partial charge in [-0.05, 0) is 18.2 Å². The van der Waals surface area contributed by atoms with Crippen LogP contribution < -0.4 is 16.2 Å². The Bertz CT molecular complexity index is 586. The van der Waals surface area contributed by atoms with Crippen molar-refractivity contribution >= 4 is 23.2 Å². The fraction of sp³-hybridized carbons (Fsp3) is 0. The number of halogens is 1. The Balaban J connectivity index is 2.23. The number of primary amides is 1. The van der Waals surface area contributed by atoms with E-state index in [-0.39, 0.29) is 11.6 Å².